The summed E-state index contributed by atoms with van der Waals surface area (Å²) in [6, 6.07) is 3.72. The Balaban J connectivity index is 1.82. The first kappa shape index (κ1) is 20.7. The molecule has 1 amide bonds. The van der Waals surface area contributed by atoms with Crippen LogP contribution in [0.2, 0.25) is 0 Å². The molecule has 35 heavy (non-hydrogen) atoms. The number of aliphatic hydroxyl groups excluding tert-OH is 1. The summed E-state index contributed by atoms with van der Waals surface area (Å²) in [4.78, 5) is 29.1. The van der Waals surface area contributed by atoms with Gasteiger partial charge in [-0.3, -0.25) is 14.3 Å². The molecule has 1 saturated carbocycles. The largest absolute Gasteiger partial charge is 0.496 e. The Bertz CT molecular complexity index is 1400. The van der Waals surface area contributed by atoms with E-state index in [1.807, 2.05) is 0 Å². The van der Waals surface area contributed by atoms with Crippen LogP contribution in [-0.4, -0.2) is 44.8 Å². The lowest BCUT2D eigenvalue weighted by atomic mass is 10.0. The van der Waals surface area contributed by atoms with Gasteiger partial charge in [-0.15, -0.1) is 0 Å². The number of methoxy groups -OCH3 is 1. The van der Waals surface area contributed by atoms with Crippen LogP contribution in [0.15, 0.2) is 24.4 Å². The van der Waals surface area contributed by atoms with Gasteiger partial charge >= 0.3 is 6.18 Å². The maximum atomic E-state index is 13.3. The van der Waals surface area contributed by atoms with Gasteiger partial charge in [0.2, 0.25) is 5.91 Å². The Morgan fingerprint density at radius 2 is 2.11 bits per heavy atom. The molecule has 1 aliphatic rings. The Morgan fingerprint density at radius 3 is 2.74 bits per heavy atom. The van der Waals surface area contributed by atoms with E-state index in [2.05, 4.69) is 20.7 Å². The molecule has 4 rings (SSSR count). The number of amides is 1. The maximum absolute atomic E-state index is 13.3. The molecule has 1 aromatic carbocycles. The number of hydrogen-bond donors (Lipinski definition) is 3. The summed E-state index contributed by atoms with van der Waals surface area (Å²) in [6.45, 7) is -2.57. The van der Waals surface area contributed by atoms with Gasteiger partial charge in [-0.1, -0.05) is 12.9 Å². The number of anilines is 3. The van der Waals surface area contributed by atoms with Crippen LogP contribution in [0, 0.1) is 5.92 Å². The van der Waals surface area contributed by atoms with Crippen molar-refractivity contribution in [3.8, 4) is 5.75 Å². The van der Waals surface area contributed by atoms with Gasteiger partial charge in [0.15, 0.2) is 17.7 Å². The summed E-state index contributed by atoms with van der Waals surface area (Å²) in [5, 5.41) is 19.8. The van der Waals surface area contributed by atoms with E-state index in [1.54, 1.807) is 0 Å². The van der Waals surface area contributed by atoms with Gasteiger partial charge in [0.25, 0.3) is 0 Å². The van der Waals surface area contributed by atoms with E-state index in [0.29, 0.717) is 5.52 Å². The highest BCUT2D eigenvalue weighted by Crippen LogP contribution is 2.43. The highest BCUT2D eigenvalue weighted by atomic mass is 19.4. The van der Waals surface area contributed by atoms with Crippen molar-refractivity contribution < 1.29 is 36.7 Å². The van der Waals surface area contributed by atoms with Crippen molar-refractivity contribution in [2.75, 3.05) is 17.7 Å². The smallest absolute Gasteiger partial charge is 0.418 e. The second kappa shape index (κ2) is 9.17. The van der Waals surface area contributed by atoms with Crippen LogP contribution < -0.4 is 15.4 Å². The number of rotatable bonds is 8. The molecule has 186 valence electrons. The molecule has 1 aliphatic carbocycles. The molecule has 0 radical (unpaired) electrons. The third-order valence-corrected chi connectivity index (χ3v) is 5.63. The van der Waals surface area contributed by atoms with E-state index in [1.165, 1.54) is 23.9 Å². The number of aliphatic hydroxyl groups is 1. The zero-order valence-electron chi connectivity index (χ0n) is 21.7. The number of aromatic nitrogens is 3. The van der Waals surface area contributed by atoms with Gasteiger partial charge in [-0.25, -0.2) is 4.98 Å². The number of pyridine rings is 1. The van der Waals surface area contributed by atoms with E-state index in [4.69, 9.17) is 8.85 Å². The minimum absolute atomic E-state index is 0.0178. The minimum Gasteiger partial charge on any atom is -0.496 e. The van der Waals surface area contributed by atoms with Crippen LogP contribution in [0.25, 0.3) is 10.9 Å². The number of benzene rings is 1. The van der Waals surface area contributed by atoms with Gasteiger partial charge in [0, 0.05) is 41.3 Å². The third kappa shape index (κ3) is 4.78. The number of ketones is 1. The van der Waals surface area contributed by atoms with Crippen molar-refractivity contribution in [1.82, 2.24) is 14.8 Å². The molecular weight excluding hydrogens is 467 g/mol. The van der Waals surface area contributed by atoms with Crippen LogP contribution in [0.5, 0.6) is 5.75 Å². The highest BCUT2D eigenvalue weighted by molar-refractivity contribution is 6.04. The topological polar surface area (TPSA) is 118 Å². The van der Waals surface area contributed by atoms with Crippen molar-refractivity contribution in [3.63, 3.8) is 0 Å². The minimum atomic E-state index is -4.97. The third-order valence-electron chi connectivity index (χ3n) is 5.63. The van der Waals surface area contributed by atoms with E-state index < -0.39 is 36.9 Å². The van der Waals surface area contributed by atoms with Crippen molar-refractivity contribution in [2.24, 2.45) is 13.0 Å². The number of nitrogens with one attached hydrogen (secondary N) is 2. The van der Waals surface area contributed by atoms with E-state index in [-0.39, 0.29) is 45.8 Å². The molecule has 3 aromatic rings. The van der Waals surface area contributed by atoms with Crippen molar-refractivity contribution in [1.29, 1.82) is 0 Å². The predicted molar refractivity (Wildman–Crippen MR) is 122 cm³/mol. The predicted octanol–water partition coefficient (Wildman–Crippen LogP) is 4.26. The normalized spacial score (nSPS) is 16.2. The Morgan fingerprint density at radius 1 is 1.37 bits per heavy atom. The van der Waals surface area contributed by atoms with Gasteiger partial charge in [-0.05, 0) is 18.9 Å². The molecule has 1 atom stereocenters. The Labute approximate surface area is 202 Å². The average molecular weight is 494 g/mol. The van der Waals surface area contributed by atoms with Crippen LogP contribution in [-0.2, 0) is 11.8 Å². The zero-order valence-corrected chi connectivity index (χ0v) is 18.7. The number of alkyl halides is 3. The summed E-state index contributed by atoms with van der Waals surface area (Å²) in [5.74, 6) is -1.44. The van der Waals surface area contributed by atoms with Crippen LogP contribution in [0.4, 0.5) is 30.5 Å². The number of halogens is 3. The van der Waals surface area contributed by atoms with E-state index >= 15 is 0 Å². The fourth-order valence-electron chi connectivity index (χ4n) is 3.69. The molecule has 0 spiro atoms. The molecule has 0 unspecified atom stereocenters. The number of carbonyl (C=O) groups excluding carboxylic acids is 2. The number of hydrogen-bond acceptors (Lipinski definition) is 7. The molecule has 9 nitrogen and oxygen atoms in total. The fourth-order valence-corrected chi connectivity index (χ4v) is 3.69. The molecule has 0 bridgehead atoms. The Hall–Kier alpha value is -3.67. The molecule has 2 aromatic heterocycles. The lowest BCUT2D eigenvalue weighted by molar-refractivity contribution is -0.207. The first-order valence-electron chi connectivity index (χ1n) is 12.1. The van der Waals surface area contributed by atoms with Gasteiger partial charge in [0.05, 0.1) is 29.3 Å². The van der Waals surface area contributed by atoms with E-state index in [0.717, 1.165) is 32.2 Å². The second-order valence-electron chi connectivity index (χ2n) is 8.10. The molecule has 3 N–H and O–H groups in total. The number of Topliss-reactive ketones (excluding diaryl/α,β-unsaturated/α-hetero) is 1. The summed E-state index contributed by atoms with van der Waals surface area (Å²) in [5.41, 5.74) is -0.317. The number of ether oxygens (including phenoxy) is 1. The lowest BCUT2D eigenvalue weighted by Crippen LogP contribution is -2.20. The summed E-state index contributed by atoms with van der Waals surface area (Å²) < 4.78 is 68.9. The average Bonchev–Trinajstić information content (AvgIpc) is 3.61. The van der Waals surface area contributed by atoms with Crippen molar-refractivity contribution in [2.45, 2.75) is 38.4 Å². The van der Waals surface area contributed by atoms with Crippen molar-refractivity contribution >= 4 is 39.9 Å². The summed E-state index contributed by atoms with van der Waals surface area (Å²) in [6.07, 6.45) is -6.02. The standard InChI is InChI=1S/C23H24F3N5O4/c1-4-16(32)13-10-27-17(29-22(34)11-5-6-11)9-14(13)28-21-18-15(31(2)30-21)8-7-12(19(18)35-3)20(33)23(24,25)26/h7-11,20,33H,4-6H2,1-3H3,(H2,27,28,29,30,34)/t20-/m1/s1/i1D3. The molecule has 0 aliphatic heterocycles. The number of nitrogens with zero attached hydrogens (tertiary/aromatic N) is 3. The SMILES string of the molecule is [2H]C([2H])([2H])CC(=O)c1cnc(NC(=O)C2CC2)cc1Nc1nn(C)c2ccc([C@@H](O)C(F)(F)F)c(OC)c12. The van der Waals surface area contributed by atoms with Crippen molar-refractivity contribution in [3.05, 3.63) is 35.5 Å². The summed E-state index contributed by atoms with van der Waals surface area (Å²) in [7, 11) is 2.67. The highest BCUT2D eigenvalue weighted by Gasteiger charge is 2.41. The van der Waals surface area contributed by atoms with Crippen LogP contribution >= 0.6 is 0 Å². The van der Waals surface area contributed by atoms with Gasteiger partial charge < -0.3 is 20.5 Å². The first-order chi connectivity index (χ1) is 17.7. The molecule has 1 fully saturated rings. The fraction of sp³-hybridized carbons (Fsp3) is 0.391. The monoisotopic (exact) mass is 494 g/mol. The van der Waals surface area contributed by atoms with Gasteiger partial charge in [0.1, 0.15) is 11.6 Å². The van der Waals surface area contributed by atoms with Crippen LogP contribution in [0.1, 0.15) is 52.3 Å². The number of carbonyl (C=O) groups is 2. The Kier molecular flexibility index (Phi) is 5.42. The summed E-state index contributed by atoms with van der Waals surface area (Å²) >= 11 is 0. The zero-order chi connectivity index (χ0) is 28.0. The molecule has 2 heterocycles. The molecule has 0 saturated heterocycles. The number of fused-ring (bicyclic) bond motifs is 1. The second-order valence-corrected chi connectivity index (χ2v) is 8.10. The quantitative estimate of drug-likeness (QED) is 0.401. The van der Waals surface area contributed by atoms with Gasteiger partial charge in [-0.2, -0.15) is 18.3 Å². The van der Waals surface area contributed by atoms with Crippen LogP contribution in [0.3, 0.4) is 0 Å². The maximum Gasteiger partial charge on any atom is 0.418 e. The number of aryl methyl sites for hydroxylation is 1. The van der Waals surface area contributed by atoms with E-state index in [9.17, 15) is 27.9 Å². The molecular formula is C23H24F3N5O4. The first-order valence-corrected chi connectivity index (χ1v) is 10.6. The molecule has 12 heteroatoms. The lowest BCUT2D eigenvalue weighted by Gasteiger charge is -2.18.